The number of nitrogens with zero attached hydrogens (tertiary/aromatic N) is 2. The molecule has 2 N–H and O–H groups in total. The van der Waals surface area contributed by atoms with Crippen molar-refractivity contribution >= 4 is 11.6 Å². The second-order valence-corrected chi connectivity index (χ2v) is 6.02. The van der Waals surface area contributed by atoms with Gasteiger partial charge in [-0.1, -0.05) is 13.8 Å². The van der Waals surface area contributed by atoms with Gasteiger partial charge in [0.2, 0.25) is 5.91 Å². The maximum absolute atomic E-state index is 12.5. The van der Waals surface area contributed by atoms with E-state index in [2.05, 4.69) is 15.7 Å². The van der Waals surface area contributed by atoms with Crippen LogP contribution in [0.25, 0.3) is 0 Å². The van der Waals surface area contributed by atoms with Crippen LogP contribution in [0.15, 0.2) is 6.20 Å². The fourth-order valence-corrected chi connectivity index (χ4v) is 2.66. The van der Waals surface area contributed by atoms with Gasteiger partial charge in [-0.05, 0) is 38.8 Å². The number of nitrogens with one attached hydrogen (secondary N) is 2. The van der Waals surface area contributed by atoms with Crippen LogP contribution in [0, 0.1) is 18.3 Å². The smallest absolute Gasteiger partial charge is 0.230 e. The van der Waals surface area contributed by atoms with E-state index in [0.29, 0.717) is 5.92 Å². The van der Waals surface area contributed by atoms with Crippen LogP contribution in [0.3, 0.4) is 0 Å². The lowest BCUT2D eigenvalue weighted by Gasteiger charge is -2.35. The molecule has 1 atom stereocenters. The van der Waals surface area contributed by atoms with Gasteiger partial charge in [0.05, 0.1) is 11.4 Å². The van der Waals surface area contributed by atoms with Crippen LogP contribution in [0.2, 0.25) is 0 Å². The van der Waals surface area contributed by atoms with E-state index in [-0.39, 0.29) is 11.3 Å². The molecule has 1 aliphatic rings. The molecule has 1 aromatic heterocycles. The lowest BCUT2D eigenvalue weighted by atomic mass is 9.74. The molecule has 106 valence electrons. The fraction of sp³-hybridized carbons (Fsp3) is 0.714. The van der Waals surface area contributed by atoms with Crippen LogP contribution in [-0.2, 0) is 11.8 Å². The van der Waals surface area contributed by atoms with Crippen LogP contribution >= 0.6 is 0 Å². The van der Waals surface area contributed by atoms with Crippen molar-refractivity contribution in [1.82, 2.24) is 15.1 Å². The minimum Gasteiger partial charge on any atom is -0.323 e. The van der Waals surface area contributed by atoms with Gasteiger partial charge in [-0.25, -0.2) is 0 Å². The zero-order valence-electron chi connectivity index (χ0n) is 12.3. The van der Waals surface area contributed by atoms with Crippen LogP contribution in [0.1, 0.15) is 32.4 Å². The maximum Gasteiger partial charge on any atom is 0.230 e. The Morgan fingerprint density at radius 3 is 2.84 bits per heavy atom. The van der Waals surface area contributed by atoms with E-state index in [4.69, 9.17) is 0 Å². The quantitative estimate of drug-likeness (QED) is 0.873. The summed E-state index contributed by atoms with van der Waals surface area (Å²) < 4.78 is 1.72. The van der Waals surface area contributed by atoms with Crippen LogP contribution in [-0.4, -0.2) is 28.8 Å². The van der Waals surface area contributed by atoms with E-state index < -0.39 is 0 Å². The molecular weight excluding hydrogens is 240 g/mol. The monoisotopic (exact) mass is 264 g/mol. The summed E-state index contributed by atoms with van der Waals surface area (Å²) in [4.78, 5) is 12.5. The number of hydrogen-bond acceptors (Lipinski definition) is 3. The normalized spacial score (nSPS) is 20.3. The van der Waals surface area contributed by atoms with Crippen molar-refractivity contribution in [2.24, 2.45) is 18.4 Å². The van der Waals surface area contributed by atoms with Crippen molar-refractivity contribution in [2.75, 3.05) is 18.4 Å². The highest BCUT2D eigenvalue weighted by Gasteiger charge is 2.37. The molecule has 0 aliphatic carbocycles. The van der Waals surface area contributed by atoms with Crippen molar-refractivity contribution in [1.29, 1.82) is 0 Å². The first kappa shape index (κ1) is 14.1. The Morgan fingerprint density at radius 1 is 1.58 bits per heavy atom. The highest BCUT2D eigenvalue weighted by molar-refractivity contribution is 5.95. The Balaban J connectivity index is 2.07. The molecule has 0 saturated carbocycles. The summed E-state index contributed by atoms with van der Waals surface area (Å²) in [6.07, 6.45) is 4.11. The summed E-state index contributed by atoms with van der Waals surface area (Å²) in [5, 5.41) is 10.6. The number of piperidine rings is 1. The van der Waals surface area contributed by atoms with E-state index in [1.807, 2.05) is 34.0 Å². The molecule has 1 unspecified atom stereocenters. The summed E-state index contributed by atoms with van der Waals surface area (Å²) >= 11 is 0. The van der Waals surface area contributed by atoms with E-state index in [9.17, 15) is 4.79 Å². The maximum atomic E-state index is 12.5. The molecule has 0 aromatic carbocycles. The molecule has 1 amide bonds. The molecule has 1 saturated heterocycles. The van der Waals surface area contributed by atoms with Gasteiger partial charge in [0.1, 0.15) is 0 Å². The molecular formula is C14H24N4O. The van der Waals surface area contributed by atoms with Gasteiger partial charge in [-0.15, -0.1) is 0 Å². The first-order valence-electron chi connectivity index (χ1n) is 6.93. The second-order valence-electron chi connectivity index (χ2n) is 6.02. The Labute approximate surface area is 114 Å². The predicted octanol–water partition coefficient (Wildman–Crippen LogP) is 1.69. The van der Waals surface area contributed by atoms with Gasteiger partial charge in [0, 0.05) is 18.7 Å². The van der Waals surface area contributed by atoms with Gasteiger partial charge in [-0.3, -0.25) is 9.48 Å². The fourth-order valence-electron chi connectivity index (χ4n) is 2.66. The first-order chi connectivity index (χ1) is 8.91. The van der Waals surface area contributed by atoms with E-state index in [1.165, 1.54) is 0 Å². The van der Waals surface area contributed by atoms with Crippen molar-refractivity contribution in [3.05, 3.63) is 11.9 Å². The Bertz CT molecular complexity index is 458. The van der Waals surface area contributed by atoms with Crippen molar-refractivity contribution < 1.29 is 4.79 Å². The zero-order valence-corrected chi connectivity index (χ0v) is 12.3. The first-order valence-corrected chi connectivity index (χ1v) is 6.93. The number of carbonyl (C=O) groups is 1. The van der Waals surface area contributed by atoms with Crippen LogP contribution in [0.5, 0.6) is 0 Å². The molecule has 1 aromatic rings. The van der Waals surface area contributed by atoms with Gasteiger partial charge in [0.25, 0.3) is 0 Å². The summed E-state index contributed by atoms with van der Waals surface area (Å²) in [6, 6.07) is 0. The Hall–Kier alpha value is -1.36. The van der Waals surface area contributed by atoms with Gasteiger partial charge >= 0.3 is 0 Å². The molecule has 0 radical (unpaired) electrons. The van der Waals surface area contributed by atoms with Gasteiger partial charge in [-0.2, -0.15) is 5.10 Å². The summed E-state index contributed by atoms with van der Waals surface area (Å²) in [5.74, 6) is 0.468. The number of aromatic nitrogens is 2. The second kappa shape index (κ2) is 5.33. The van der Waals surface area contributed by atoms with Crippen molar-refractivity contribution in [3.8, 4) is 0 Å². The van der Waals surface area contributed by atoms with Crippen LogP contribution < -0.4 is 10.6 Å². The molecule has 2 rings (SSSR count). The number of hydrogen-bond donors (Lipinski definition) is 2. The number of aryl methyl sites for hydroxylation is 2. The lowest BCUT2D eigenvalue weighted by molar-refractivity contribution is -0.127. The average Bonchev–Trinajstić information content (AvgIpc) is 2.69. The predicted molar refractivity (Wildman–Crippen MR) is 75.9 cm³/mol. The van der Waals surface area contributed by atoms with E-state index >= 15 is 0 Å². The van der Waals surface area contributed by atoms with E-state index in [0.717, 1.165) is 37.3 Å². The molecule has 0 bridgehead atoms. The minimum atomic E-state index is -0.365. The number of rotatable bonds is 3. The molecule has 5 heteroatoms. The summed E-state index contributed by atoms with van der Waals surface area (Å²) in [5.41, 5.74) is 1.30. The van der Waals surface area contributed by atoms with Crippen LogP contribution in [0.4, 0.5) is 5.69 Å². The third kappa shape index (κ3) is 2.97. The SMILES string of the molecule is Cc1nn(C)cc1NC(=O)C(C)(C)C1CCCNC1. The highest BCUT2D eigenvalue weighted by atomic mass is 16.2. The number of carbonyl (C=O) groups excluding carboxylic acids is 1. The molecule has 1 fully saturated rings. The van der Waals surface area contributed by atoms with Crippen molar-refractivity contribution in [2.45, 2.75) is 33.6 Å². The van der Waals surface area contributed by atoms with Gasteiger partial charge < -0.3 is 10.6 Å². The zero-order chi connectivity index (χ0) is 14.0. The van der Waals surface area contributed by atoms with E-state index in [1.54, 1.807) is 4.68 Å². The third-order valence-corrected chi connectivity index (χ3v) is 4.16. The Kier molecular flexibility index (Phi) is 3.94. The molecule has 2 heterocycles. The van der Waals surface area contributed by atoms with Gasteiger partial charge in [0.15, 0.2) is 0 Å². The molecule has 5 nitrogen and oxygen atoms in total. The highest BCUT2D eigenvalue weighted by Crippen LogP contribution is 2.33. The number of anilines is 1. The minimum absolute atomic E-state index is 0.0808. The largest absolute Gasteiger partial charge is 0.323 e. The topological polar surface area (TPSA) is 59.0 Å². The third-order valence-electron chi connectivity index (χ3n) is 4.16. The number of amides is 1. The Morgan fingerprint density at radius 2 is 2.32 bits per heavy atom. The van der Waals surface area contributed by atoms with Crippen molar-refractivity contribution in [3.63, 3.8) is 0 Å². The standard InChI is InChI=1S/C14H24N4O/c1-10-12(9-18(4)17-10)16-13(19)14(2,3)11-6-5-7-15-8-11/h9,11,15H,5-8H2,1-4H3,(H,16,19). The lowest BCUT2D eigenvalue weighted by Crippen LogP contribution is -2.44. The summed E-state index contributed by atoms with van der Waals surface area (Å²) in [7, 11) is 1.86. The average molecular weight is 264 g/mol. The molecule has 0 spiro atoms. The summed E-state index contributed by atoms with van der Waals surface area (Å²) in [6.45, 7) is 7.96. The molecule has 19 heavy (non-hydrogen) atoms. The molecule has 1 aliphatic heterocycles.